The molecule has 1 aliphatic rings. The summed E-state index contributed by atoms with van der Waals surface area (Å²) in [5.74, 6) is 0.0614. The standard InChI is InChI=1S/C19H19N3O3S/c1-20-18(24)13-5-3-12(4-6-13)10-22(2)19(25)14-7-8-16-15(9-14)21-17(23)11-26-16/h3-9H,10-11H2,1-2H3,(H,20,24)(H,21,23). The molecule has 0 saturated carbocycles. The van der Waals surface area contributed by atoms with Gasteiger partial charge in [0.05, 0.1) is 11.4 Å². The molecule has 0 fully saturated rings. The summed E-state index contributed by atoms with van der Waals surface area (Å²) < 4.78 is 0. The minimum Gasteiger partial charge on any atom is -0.355 e. The van der Waals surface area contributed by atoms with Gasteiger partial charge in [-0.15, -0.1) is 11.8 Å². The lowest BCUT2D eigenvalue weighted by atomic mass is 10.1. The van der Waals surface area contributed by atoms with E-state index in [-0.39, 0.29) is 17.7 Å². The summed E-state index contributed by atoms with van der Waals surface area (Å²) in [5.41, 5.74) is 2.71. The van der Waals surface area contributed by atoms with E-state index in [1.165, 1.54) is 11.8 Å². The Morgan fingerprint density at radius 2 is 1.85 bits per heavy atom. The first kappa shape index (κ1) is 18.0. The summed E-state index contributed by atoms with van der Waals surface area (Å²) in [4.78, 5) is 38.3. The number of carbonyl (C=O) groups is 3. The first-order valence-electron chi connectivity index (χ1n) is 8.11. The molecule has 0 unspecified atom stereocenters. The van der Waals surface area contributed by atoms with E-state index in [9.17, 15) is 14.4 Å². The number of thioether (sulfide) groups is 1. The van der Waals surface area contributed by atoms with Crippen LogP contribution in [0.15, 0.2) is 47.4 Å². The Kier molecular flexibility index (Phi) is 5.27. The van der Waals surface area contributed by atoms with Crippen molar-refractivity contribution in [1.29, 1.82) is 0 Å². The lowest BCUT2D eigenvalue weighted by Crippen LogP contribution is -2.27. The molecule has 0 radical (unpaired) electrons. The molecule has 2 N–H and O–H groups in total. The van der Waals surface area contributed by atoms with E-state index >= 15 is 0 Å². The van der Waals surface area contributed by atoms with Gasteiger partial charge in [0.1, 0.15) is 0 Å². The van der Waals surface area contributed by atoms with Crippen LogP contribution in [0.5, 0.6) is 0 Å². The second kappa shape index (κ2) is 7.61. The van der Waals surface area contributed by atoms with Gasteiger partial charge in [-0.1, -0.05) is 12.1 Å². The maximum atomic E-state index is 12.7. The van der Waals surface area contributed by atoms with Crippen LogP contribution in [0, 0.1) is 0 Å². The van der Waals surface area contributed by atoms with Crippen LogP contribution >= 0.6 is 11.8 Å². The third-order valence-corrected chi connectivity index (χ3v) is 5.14. The lowest BCUT2D eigenvalue weighted by molar-refractivity contribution is -0.113. The smallest absolute Gasteiger partial charge is 0.253 e. The molecule has 2 aromatic carbocycles. The highest BCUT2D eigenvalue weighted by Crippen LogP contribution is 2.32. The molecule has 0 spiro atoms. The Bertz CT molecular complexity index is 865. The van der Waals surface area contributed by atoms with Gasteiger partial charge in [-0.05, 0) is 35.9 Å². The molecule has 3 amide bonds. The molecular formula is C19H19N3O3S. The number of amides is 3. The van der Waals surface area contributed by atoms with Crippen LogP contribution in [-0.4, -0.2) is 42.5 Å². The van der Waals surface area contributed by atoms with Crippen LogP contribution in [0.4, 0.5) is 5.69 Å². The summed E-state index contributed by atoms with van der Waals surface area (Å²) in [6.07, 6.45) is 0. The molecule has 0 aromatic heterocycles. The van der Waals surface area contributed by atoms with Gasteiger partial charge >= 0.3 is 0 Å². The molecule has 0 aliphatic carbocycles. The fourth-order valence-electron chi connectivity index (χ4n) is 2.69. The molecule has 1 aliphatic heterocycles. The molecule has 0 bridgehead atoms. The Hall–Kier alpha value is -2.80. The fraction of sp³-hybridized carbons (Fsp3) is 0.211. The topological polar surface area (TPSA) is 78.5 Å². The number of anilines is 1. The molecule has 3 rings (SSSR count). The third-order valence-electron chi connectivity index (χ3n) is 4.07. The minimum atomic E-state index is -0.144. The number of nitrogens with zero attached hydrogens (tertiary/aromatic N) is 1. The zero-order valence-corrected chi connectivity index (χ0v) is 15.4. The van der Waals surface area contributed by atoms with E-state index in [4.69, 9.17) is 0 Å². The van der Waals surface area contributed by atoms with Gasteiger partial charge in [-0.2, -0.15) is 0 Å². The summed E-state index contributed by atoms with van der Waals surface area (Å²) in [5, 5.41) is 5.37. The van der Waals surface area contributed by atoms with Crippen molar-refractivity contribution in [2.24, 2.45) is 0 Å². The molecule has 134 valence electrons. The maximum absolute atomic E-state index is 12.7. The second-order valence-corrected chi connectivity index (χ2v) is 7.00. The fourth-order valence-corrected chi connectivity index (χ4v) is 3.48. The second-order valence-electron chi connectivity index (χ2n) is 5.99. The van der Waals surface area contributed by atoms with E-state index in [1.54, 1.807) is 43.3 Å². The summed E-state index contributed by atoms with van der Waals surface area (Å²) in [6.45, 7) is 0.422. The van der Waals surface area contributed by atoms with Gasteiger partial charge in [0.2, 0.25) is 5.91 Å². The number of carbonyl (C=O) groups excluding carboxylic acids is 3. The van der Waals surface area contributed by atoms with Gasteiger partial charge < -0.3 is 15.5 Å². The first-order chi connectivity index (χ1) is 12.5. The van der Waals surface area contributed by atoms with Crippen molar-refractivity contribution >= 4 is 35.2 Å². The van der Waals surface area contributed by atoms with Gasteiger partial charge in [0, 0.05) is 36.7 Å². The van der Waals surface area contributed by atoms with Crippen LogP contribution in [0.2, 0.25) is 0 Å². The van der Waals surface area contributed by atoms with E-state index in [0.29, 0.717) is 29.1 Å². The van der Waals surface area contributed by atoms with Crippen molar-refractivity contribution in [3.8, 4) is 0 Å². The van der Waals surface area contributed by atoms with Crippen LogP contribution in [0.3, 0.4) is 0 Å². The molecule has 0 saturated heterocycles. The van der Waals surface area contributed by atoms with Crippen molar-refractivity contribution in [3.05, 3.63) is 59.2 Å². The Labute approximate surface area is 156 Å². The van der Waals surface area contributed by atoms with Crippen LogP contribution in [0.25, 0.3) is 0 Å². The molecule has 26 heavy (non-hydrogen) atoms. The predicted molar refractivity (Wildman–Crippen MR) is 101 cm³/mol. The van der Waals surface area contributed by atoms with Crippen molar-refractivity contribution < 1.29 is 14.4 Å². The minimum absolute atomic E-state index is 0.0586. The molecule has 7 heteroatoms. The number of rotatable bonds is 4. The quantitative estimate of drug-likeness (QED) is 0.867. The van der Waals surface area contributed by atoms with Crippen molar-refractivity contribution in [3.63, 3.8) is 0 Å². The SMILES string of the molecule is CNC(=O)c1ccc(CN(C)C(=O)c2ccc3c(c2)NC(=O)CS3)cc1. The van der Waals surface area contributed by atoms with Crippen molar-refractivity contribution in [2.45, 2.75) is 11.4 Å². The Morgan fingerprint density at radius 3 is 2.54 bits per heavy atom. The van der Waals surface area contributed by atoms with Crippen LogP contribution in [0.1, 0.15) is 26.3 Å². The highest BCUT2D eigenvalue weighted by Gasteiger charge is 2.19. The largest absolute Gasteiger partial charge is 0.355 e. The lowest BCUT2D eigenvalue weighted by Gasteiger charge is -2.20. The van der Waals surface area contributed by atoms with Gasteiger partial charge in [0.25, 0.3) is 11.8 Å². The number of hydrogen-bond donors (Lipinski definition) is 2. The highest BCUT2D eigenvalue weighted by atomic mass is 32.2. The Balaban J connectivity index is 1.71. The van der Waals surface area contributed by atoms with E-state index in [0.717, 1.165) is 10.5 Å². The number of fused-ring (bicyclic) bond motifs is 1. The van der Waals surface area contributed by atoms with E-state index in [2.05, 4.69) is 10.6 Å². The average Bonchev–Trinajstić information content (AvgIpc) is 2.66. The van der Waals surface area contributed by atoms with Crippen LogP contribution in [-0.2, 0) is 11.3 Å². The van der Waals surface area contributed by atoms with Gasteiger partial charge in [0.15, 0.2) is 0 Å². The van der Waals surface area contributed by atoms with Crippen LogP contribution < -0.4 is 10.6 Å². The number of hydrogen-bond acceptors (Lipinski definition) is 4. The van der Waals surface area contributed by atoms with E-state index in [1.807, 2.05) is 18.2 Å². The maximum Gasteiger partial charge on any atom is 0.253 e. The molecular weight excluding hydrogens is 350 g/mol. The number of benzene rings is 2. The molecule has 6 nitrogen and oxygen atoms in total. The predicted octanol–water partition coefficient (Wildman–Crippen LogP) is 2.36. The Morgan fingerprint density at radius 1 is 1.15 bits per heavy atom. The zero-order valence-electron chi connectivity index (χ0n) is 14.5. The normalized spacial score (nSPS) is 12.8. The van der Waals surface area contributed by atoms with Gasteiger partial charge in [-0.3, -0.25) is 14.4 Å². The van der Waals surface area contributed by atoms with Crippen molar-refractivity contribution in [2.75, 3.05) is 25.2 Å². The van der Waals surface area contributed by atoms with Gasteiger partial charge in [-0.25, -0.2) is 0 Å². The third kappa shape index (κ3) is 3.88. The van der Waals surface area contributed by atoms with E-state index < -0.39 is 0 Å². The van der Waals surface area contributed by atoms with Crippen molar-refractivity contribution in [1.82, 2.24) is 10.2 Å². The highest BCUT2D eigenvalue weighted by molar-refractivity contribution is 8.00. The molecule has 1 heterocycles. The summed E-state index contributed by atoms with van der Waals surface area (Å²) >= 11 is 1.46. The molecule has 2 aromatic rings. The zero-order chi connectivity index (χ0) is 18.7. The average molecular weight is 369 g/mol. The summed E-state index contributed by atoms with van der Waals surface area (Å²) in [6, 6.07) is 12.5. The summed E-state index contributed by atoms with van der Waals surface area (Å²) in [7, 11) is 3.31. The number of nitrogens with one attached hydrogen (secondary N) is 2. The monoisotopic (exact) mass is 369 g/mol. The molecule has 0 atom stereocenters. The first-order valence-corrected chi connectivity index (χ1v) is 9.09.